The Labute approximate surface area is 172 Å². The minimum atomic E-state index is -0.0807. The van der Waals surface area contributed by atoms with Crippen molar-refractivity contribution in [2.75, 3.05) is 40.4 Å². The van der Waals surface area contributed by atoms with Crippen molar-refractivity contribution >= 4 is 11.9 Å². The smallest absolute Gasteiger partial charge is 0.251 e. The summed E-state index contributed by atoms with van der Waals surface area (Å²) < 4.78 is 10.6. The first-order valence-electron chi connectivity index (χ1n) is 9.74. The molecule has 0 saturated carbocycles. The number of guanidine groups is 1. The zero-order chi connectivity index (χ0) is 20.9. The Hall–Kier alpha value is -3.22. The summed E-state index contributed by atoms with van der Waals surface area (Å²) in [7, 11) is 3.25. The molecule has 7 heteroatoms. The zero-order valence-electron chi connectivity index (χ0n) is 17.3. The summed E-state index contributed by atoms with van der Waals surface area (Å²) >= 11 is 0. The molecule has 0 bridgehead atoms. The van der Waals surface area contributed by atoms with Gasteiger partial charge in [-0.05, 0) is 43.2 Å². The fourth-order valence-corrected chi connectivity index (χ4v) is 2.72. The van der Waals surface area contributed by atoms with E-state index in [1.165, 1.54) is 0 Å². The van der Waals surface area contributed by atoms with Crippen LogP contribution in [0.15, 0.2) is 53.5 Å². The number of nitrogens with one attached hydrogen (secondary N) is 3. The molecule has 0 radical (unpaired) electrons. The van der Waals surface area contributed by atoms with E-state index in [1.54, 1.807) is 26.4 Å². The molecule has 0 spiro atoms. The second-order valence-electron chi connectivity index (χ2n) is 6.25. The van der Waals surface area contributed by atoms with Crippen molar-refractivity contribution in [1.29, 1.82) is 0 Å². The predicted octanol–water partition coefficient (Wildman–Crippen LogP) is 2.23. The van der Waals surface area contributed by atoms with Crippen molar-refractivity contribution in [1.82, 2.24) is 16.0 Å². The lowest BCUT2D eigenvalue weighted by atomic mass is 10.1. The molecule has 3 N–H and O–H groups in total. The first-order chi connectivity index (χ1) is 14.2. The fourth-order valence-electron chi connectivity index (χ4n) is 2.72. The molecule has 0 aliphatic rings. The van der Waals surface area contributed by atoms with Crippen molar-refractivity contribution in [3.05, 3.63) is 59.7 Å². The van der Waals surface area contributed by atoms with Crippen molar-refractivity contribution in [3.63, 3.8) is 0 Å². The van der Waals surface area contributed by atoms with E-state index < -0.39 is 0 Å². The molecular formula is C22H30N4O3. The molecule has 156 valence electrons. The molecule has 0 heterocycles. The van der Waals surface area contributed by atoms with E-state index in [4.69, 9.17) is 9.47 Å². The molecule has 0 unspecified atom stereocenters. The first kappa shape index (κ1) is 22.1. The maximum atomic E-state index is 12.0. The largest absolute Gasteiger partial charge is 0.493 e. The lowest BCUT2D eigenvalue weighted by molar-refractivity contribution is 0.0954. The van der Waals surface area contributed by atoms with E-state index in [2.05, 4.69) is 20.9 Å². The van der Waals surface area contributed by atoms with Gasteiger partial charge in [-0.25, -0.2) is 0 Å². The van der Waals surface area contributed by atoms with Gasteiger partial charge in [0.25, 0.3) is 5.91 Å². The Bertz CT molecular complexity index is 794. The number of nitrogens with zero attached hydrogens (tertiary/aromatic N) is 1. The number of rotatable bonds is 10. The number of benzene rings is 2. The molecule has 0 saturated heterocycles. The van der Waals surface area contributed by atoms with Gasteiger partial charge >= 0.3 is 0 Å². The van der Waals surface area contributed by atoms with Crippen molar-refractivity contribution in [2.24, 2.45) is 4.99 Å². The highest BCUT2D eigenvalue weighted by Crippen LogP contribution is 2.27. The summed E-state index contributed by atoms with van der Waals surface area (Å²) in [6, 6.07) is 15.0. The Morgan fingerprint density at radius 3 is 2.34 bits per heavy atom. The van der Waals surface area contributed by atoms with Gasteiger partial charge in [0.05, 0.1) is 14.2 Å². The molecule has 7 nitrogen and oxygen atoms in total. The van der Waals surface area contributed by atoms with Gasteiger partial charge < -0.3 is 25.4 Å². The van der Waals surface area contributed by atoms with Crippen LogP contribution in [0.5, 0.6) is 11.5 Å². The standard InChI is InChI=1S/C22H30N4O3/c1-4-23-22(26-15-14-24-21(27)18-8-6-5-7-9-18)25-13-12-17-10-11-19(28-2)20(16-17)29-3/h5-11,16H,4,12-15H2,1-3H3,(H,24,27)(H2,23,25,26). The number of carbonyl (C=O) groups excluding carboxylic acids is 1. The minimum absolute atomic E-state index is 0.0807. The summed E-state index contributed by atoms with van der Waals surface area (Å²) in [5.74, 6) is 2.07. The lowest BCUT2D eigenvalue weighted by Crippen LogP contribution is -2.41. The van der Waals surface area contributed by atoms with Gasteiger partial charge in [0.1, 0.15) is 0 Å². The number of hydrogen-bond donors (Lipinski definition) is 3. The summed E-state index contributed by atoms with van der Waals surface area (Å²) in [6.45, 7) is 4.50. The molecule has 2 aromatic carbocycles. The highest BCUT2D eigenvalue weighted by Gasteiger charge is 2.05. The second kappa shape index (κ2) is 12.3. The van der Waals surface area contributed by atoms with Gasteiger partial charge in [0.15, 0.2) is 17.5 Å². The van der Waals surface area contributed by atoms with E-state index >= 15 is 0 Å². The maximum absolute atomic E-state index is 12.0. The molecular weight excluding hydrogens is 368 g/mol. The SMILES string of the molecule is CCNC(=NCCc1ccc(OC)c(OC)c1)NCCNC(=O)c1ccccc1. The fraction of sp³-hybridized carbons (Fsp3) is 0.364. The molecule has 0 fully saturated rings. The van der Waals surface area contributed by atoms with Crippen LogP contribution in [0.25, 0.3) is 0 Å². The molecule has 0 aromatic heterocycles. The molecule has 1 amide bonds. The highest BCUT2D eigenvalue weighted by atomic mass is 16.5. The van der Waals surface area contributed by atoms with Crippen LogP contribution in [0, 0.1) is 0 Å². The van der Waals surface area contributed by atoms with E-state index in [1.807, 2.05) is 43.3 Å². The van der Waals surface area contributed by atoms with Gasteiger partial charge in [0, 0.05) is 31.7 Å². The van der Waals surface area contributed by atoms with Gasteiger partial charge in [-0.3, -0.25) is 9.79 Å². The Kier molecular flexibility index (Phi) is 9.35. The molecule has 0 aliphatic carbocycles. The number of methoxy groups -OCH3 is 2. The van der Waals surface area contributed by atoms with Gasteiger partial charge in [-0.15, -0.1) is 0 Å². The minimum Gasteiger partial charge on any atom is -0.493 e. The van der Waals surface area contributed by atoms with Gasteiger partial charge in [-0.1, -0.05) is 24.3 Å². The van der Waals surface area contributed by atoms with Crippen LogP contribution in [-0.4, -0.2) is 52.3 Å². The summed E-state index contributed by atoms with van der Waals surface area (Å²) in [4.78, 5) is 16.6. The average Bonchev–Trinajstić information content (AvgIpc) is 2.76. The van der Waals surface area contributed by atoms with Crippen molar-refractivity contribution in [2.45, 2.75) is 13.3 Å². The summed E-state index contributed by atoms with van der Waals surface area (Å²) in [5, 5.41) is 9.34. The zero-order valence-corrected chi connectivity index (χ0v) is 17.3. The third kappa shape index (κ3) is 7.37. The number of aliphatic imine (C=N–C) groups is 1. The van der Waals surface area contributed by atoms with E-state index in [9.17, 15) is 4.79 Å². The quantitative estimate of drug-likeness (QED) is 0.325. The summed E-state index contributed by atoms with van der Waals surface area (Å²) in [5.41, 5.74) is 1.78. The third-order valence-electron chi connectivity index (χ3n) is 4.20. The van der Waals surface area contributed by atoms with Crippen LogP contribution in [0.3, 0.4) is 0 Å². The van der Waals surface area contributed by atoms with Crippen molar-refractivity contribution < 1.29 is 14.3 Å². The van der Waals surface area contributed by atoms with Crippen LogP contribution in [-0.2, 0) is 6.42 Å². The van der Waals surface area contributed by atoms with E-state index in [0.717, 1.165) is 24.5 Å². The van der Waals surface area contributed by atoms with Gasteiger partial charge in [0.2, 0.25) is 0 Å². The van der Waals surface area contributed by atoms with Gasteiger partial charge in [-0.2, -0.15) is 0 Å². The predicted molar refractivity (Wildman–Crippen MR) is 116 cm³/mol. The van der Waals surface area contributed by atoms with Crippen LogP contribution in [0.4, 0.5) is 0 Å². The number of carbonyl (C=O) groups is 1. The molecule has 2 rings (SSSR count). The Morgan fingerprint density at radius 1 is 0.931 bits per heavy atom. The number of amides is 1. The van der Waals surface area contributed by atoms with Crippen LogP contribution in [0.2, 0.25) is 0 Å². The van der Waals surface area contributed by atoms with Crippen molar-refractivity contribution in [3.8, 4) is 11.5 Å². The highest BCUT2D eigenvalue weighted by molar-refractivity contribution is 5.94. The Balaban J connectivity index is 1.79. The lowest BCUT2D eigenvalue weighted by Gasteiger charge is -2.12. The monoisotopic (exact) mass is 398 g/mol. The van der Waals surface area contributed by atoms with Crippen LogP contribution in [0.1, 0.15) is 22.8 Å². The topological polar surface area (TPSA) is 84.0 Å². The summed E-state index contributed by atoms with van der Waals surface area (Å²) in [6.07, 6.45) is 0.779. The van der Waals surface area contributed by atoms with Crippen LogP contribution < -0.4 is 25.4 Å². The normalized spacial score (nSPS) is 10.9. The third-order valence-corrected chi connectivity index (χ3v) is 4.20. The maximum Gasteiger partial charge on any atom is 0.251 e. The second-order valence-corrected chi connectivity index (χ2v) is 6.25. The van der Waals surface area contributed by atoms with Crippen LogP contribution >= 0.6 is 0 Å². The molecule has 0 aliphatic heterocycles. The molecule has 2 aromatic rings. The van der Waals surface area contributed by atoms with E-state index in [0.29, 0.717) is 36.7 Å². The first-order valence-corrected chi connectivity index (χ1v) is 9.74. The van der Waals surface area contributed by atoms with E-state index in [-0.39, 0.29) is 5.91 Å². The molecule has 29 heavy (non-hydrogen) atoms. The number of ether oxygens (including phenoxy) is 2. The average molecular weight is 399 g/mol. The number of hydrogen-bond acceptors (Lipinski definition) is 4. The molecule has 0 atom stereocenters. The Morgan fingerprint density at radius 2 is 1.66 bits per heavy atom.